The Morgan fingerprint density at radius 2 is 1.63 bits per heavy atom. The van der Waals surface area contributed by atoms with Crippen molar-refractivity contribution >= 4 is 28.6 Å². The number of non-ortho nitro benzene ring substituents is 1. The molecule has 7 nitrogen and oxygen atoms in total. The Morgan fingerprint density at radius 1 is 1.04 bits per heavy atom. The van der Waals surface area contributed by atoms with Crippen LogP contribution in [0.25, 0.3) is 0 Å². The highest BCUT2D eigenvalue weighted by molar-refractivity contribution is 7.80. The zero-order valence-electron chi connectivity index (χ0n) is 15.3. The highest BCUT2D eigenvalue weighted by Gasteiger charge is 2.26. The van der Waals surface area contributed by atoms with Crippen LogP contribution in [0.4, 0.5) is 11.4 Å². The normalized spacial score (nSPS) is 12.3. The molecule has 2 rings (SSSR count). The van der Waals surface area contributed by atoms with E-state index >= 15 is 0 Å². The molecule has 0 spiro atoms. The molecule has 0 aliphatic heterocycles. The van der Waals surface area contributed by atoms with Gasteiger partial charge >= 0.3 is 0 Å². The molecule has 0 saturated heterocycles. The fourth-order valence-electron chi connectivity index (χ4n) is 2.55. The Balaban J connectivity index is 2.40. The summed E-state index contributed by atoms with van der Waals surface area (Å²) in [4.78, 5) is 22.0. The molecule has 2 aromatic rings. The van der Waals surface area contributed by atoms with Crippen LogP contribution in [0.1, 0.15) is 37.9 Å². The van der Waals surface area contributed by atoms with Gasteiger partial charge in [0.15, 0.2) is 0 Å². The lowest BCUT2D eigenvalue weighted by molar-refractivity contribution is -0.385. The van der Waals surface area contributed by atoms with Gasteiger partial charge < -0.3 is 5.32 Å². The highest BCUT2D eigenvalue weighted by Crippen LogP contribution is 2.29. The van der Waals surface area contributed by atoms with Crippen molar-refractivity contribution < 1.29 is 9.85 Å². The molecule has 0 bridgehead atoms. The monoisotopic (exact) mass is 387 g/mol. The molecule has 0 heterocycles. The Kier molecular flexibility index (Phi) is 6.22. The lowest BCUT2D eigenvalue weighted by atomic mass is 9.93. The Bertz CT molecular complexity index is 860. The number of hydrogen-bond donors (Lipinski definition) is 1. The van der Waals surface area contributed by atoms with E-state index in [2.05, 4.69) is 5.32 Å². The van der Waals surface area contributed by atoms with Crippen LogP contribution in [-0.4, -0.2) is 14.8 Å². The van der Waals surface area contributed by atoms with E-state index in [1.165, 1.54) is 18.2 Å². The van der Waals surface area contributed by atoms with E-state index < -0.39 is 15.9 Å². The Labute approximate surface area is 162 Å². The minimum atomic E-state index is -0.462. The molecule has 1 atom stereocenters. The summed E-state index contributed by atoms with van der Waals surface area (Å²) in [6.45, 7) is 5.89. The van der Waals surface area contributed by atoms with Crippen LogP contribution in [0.2, 0.25) is 0 Å². The third-order valence-corrected chi connectivity index (χ3v) is 4.81. The van der Waals surface area contributed by atoms with Gasteiger partial charge in [0.25, 0.3) is 11.4 Å². The highest BCUT2D eigenvalue weighted by atomic mass is 32.1. The van der Waals surface area contributed by atoms with Crippen LogP contribution in [0, 0.1) is 25.6 Å². The van der Waals surface area contributed by atoms with Gasteiger partial charge in [-0.1, -0.05) is 63.3 Å². The molecular weight excluding hydrogens is 366 g/mol. The van der Waals surface area contributed by atoms with Crippen LogP contribution in [0.5, 0.6) is 0 Å². The van der Waals surface area contributed by atoms with Crippen molar-refractivity contribution in [1.29, 1.82) is 0 Å². The molecule has 2 aromatic carbocycles. The van der Waals surface area contributed by atoms with Crippen molar-refractivity contribution in [2.24, 2.45) is 5.41 Å². The molecule has 1 unspecified atom stereocenters. The predicted octanol–water partition coefficient (Wildman–Crippen LogP) is 4.75. The molecule has 0 fully saturated rings. The second kappa shape index (κ2) is 8.22. The van der Waals surface area contributed by atoms with Crippen LogP contribution in [-0.2, 0) is 6.42 Å². The number of nitrogens with zero attached hydrogens (tertiary/aromatic N) is 2. The number of nitro benzene ring substituents is 2. The lowest BCUT2D eigenvalue weighted by Crippen LogP contribution is -2.37. The predicted molar refractivity (Wildman–Crippen MR) is 108 cm³/mol. The van der Waals surface area contributed by atoms with Crippen molar-refractivity contribution in [3.05, 3.63) is 79.9 Å². The molecule has 142 valence electrons. The summed E-state index contributed by atoms with van der Waals surface area (Å²) in [5, 5.41) is 25.5. The first-order chi connectivity index (χ1) is 12.6. The van der Waals surface area contributed by atoms with E-state index in [1.54, 1.807) is 30.3 Å². The summed E-state index contributed by atoms with van der Waals surface area (Å²) in [7, 11) is 0. The number of thiocarbonyl (C=S) groups is 1. The molecule has 1 N–H and O–H groups in total. The van der Waals surface area contributed by atoms with Gasteiger partial charge in [0.2, 0.25) is 0 Å². The van der Waals surface area contributed by atoms with Gasteiger partial charge in [0.1, 0.15) is 0 Å². The third kappa shape index (κ3) is 5.30. The summed E-state index contributed by atoms with van der Waals surface area (Å²) in [6, 6.07) is 12.2. The topological polar surface area (TPSA) is 98.3 Å². The van der Waals surface area contributed by atoms with Crippen LogP contribution in [0.15, 0.2) is 48.5 Å². The SMILES string of the molecule is CC(C)(C)C(=S)NC(Cc1ccc([N+](=O)[O-])cc1)c1ccccc1[N+](=O)[O-]. The lowest BCUT2D eigenvalue weighted by Gasteiger charge is -2.27. The number of nitro groups is 2. The summed E-state index contributed by atoms with van der Waals surface area (Å²) in [5.41, 5.74) is 1.04. The van der Waals surface area contributed by atoms with Gasteiger partial charge in [-0.25, -0.2) is 0 Å². The minimum Gasteiger partial charge on any atom is -0.372 e. The van der Waals surface area contributed by atoms with Crippen molar-refractivity contribution in [3.8, 4) is 0 Å². The molecule has 8 heteroatoms. The zero-order valence-corrected chi connectivity index (χ0v) is 16.2. The standard InChI is InChI=1S/C19H21N3O4S/c1-19(2,3)18(27)20-16(15-6-4-5-7-17(15)22(25)26)12-13-8-10-14(11-9-13)21(23)24/h4-11,16H,12H2,1-3H3,(H,20,27). The average Bonchev–Trinajstić information content (AvgIpc) is 2.60. The first-order valence-corrected chi connectivity index (χ1v) is 8.78. The van der Waals surface area contributed by atoms with Gasteiger partial charge in [0, 0.05) is 23.6 Å². The van der Waals surface area contributed by atoms with E-state index in [0.29, 0.717) is 17.0 Å². The van der Waals surface area contributed by atoms with E-state index in [0.717, 1.165) is 5.56 Å². The maximum Gasteiger partial charge on any atom is 0.274 e. The van der Waals surface area contributed by atoms with E-state index in [4.69, 9.17) is 12.2 Å². The van der Waals surface area contributed by atoms with Crippen molar-refractivity contribution in [2.75, 3.05) is 0 Å². The van der Waals surface area contributed by atoms with Gasteiger partial charge in [-0.15, -0.1) is 0 Å². The van der Waals surface area contributed by atoms with Crippen LogP contribution < -0.4 is 5.32 Å². The minimum absolute atomic E-state index is 0.000775. The first kappa shape index (κ1) is 20.4. The summed E-state index contributed by atoms with van der Waals surface area (Å²) >= 11 is 5.48. The molecule has 0 aromatic heterocycles. The summed E-state index contributed by atoms with van der Waals surface area (Å²) < 4.78 is 0. The Hall–Kier alpha value is -2.87. The number of rotatable bonds is 6. The summed E-state index contributed by atoms with van der Waals surface area (Å²) in [5.74, 6) is 0. The maximum absolute atomic E-state index is 11.5. The fraction of sp³-hybridized carbons (Fsp3) is 0.316. The van der Waals surface area contributed by atoms with Gasteiger partial charge in [-0.05, 0) is 12.0 Å². The summed E-state index contributed by atoms with van der Waals surface area (Å²) in [6.07, 6.45) is 0.402. The zero-order chi connectivity index (χ0) is 20.2. The van der Waals surface area contributed by atoms with Crippen molar-refractivity contribution in [1.82, 2.24) is 5.32 Å². The number of para-hydroxylation sites is 1. The molecular formula is C19H21N3O4S. The Morgan fingerprint density at radius 3 is 2.15 bits per heavy atom. The molecule has 0 saturated carbocycles. The largest absolute Gasteiger partial charge is 0.372 e. The number of benzene rings is 2. The number of nitrogens with one attached hydrogen (secondary N) is 1. The number of hydrogen-bond acceptors (Lipinski definition) is 5. The van der Waals surface area contributed by atoms with E-state index in [-0.39, 0.29) is 16.8 Å². The molecule has 0 aliphatic carbocycles. The first-order valence-electron chi connectivity index (χ1n) is 8.37. The molecule has 0 radical (unpaired) electrons. The van der Waals surface area contributed by atoms with Crippen LogP contribution in [0.3, 0.4) is 0 Å². The van der Waals surface area contributed by atoms with E-state index in [1.807, 2.05) is 20.8 Å². The maximum atomic E-state index is 11.5. The molecule has 27 heavy (non-hydrogen) atoms. The average molecular weight is 387 g/mol. The molecule has 0 amide bonds. The van der Waals surface area contributed by atoms with Gasteiger partial charge in [-0.3, -0.25) is 20.2 Å². The van der Waals surface area contributed by atoms with Crippen molar-refractivity contribution in [2.45, 2.75) is 33.2 Å². The van der Waals surface area contributed by atoms with Crippen molar-refractivity contribution in [3.63, 3.8) is 0 Å². The smallest absolute Gasteiger partial charge is 0.274 e. The van der Waals surface area contributed by atoms with Crippen LogP contribution >= 0.6 is 12.2 Å². The quantitative estimate of drug-likeness (QED) is 0.436. The molecule has 0 aliphatic rings. The fourth-order valence-corrected chi connectivity index (χ4v) is 2.69. The third-order valence-electron chi connectivity index (χ3n) is 4.08. The second-order valence-electron chi connectivity index (χ2n) is 7.22. The second-order valence-corrected chi connectivity index (χ2v) is 7.63. The van der Waals surface area contributed by atoms with Gasteiger partial charge in [-0.2, -0.15) is 0 Å². The van der Waals surface area contributed by atoms with E-state index in [9.17, 15) is 20.2 Å². The van der Waals surface area contributed by atoms with Gasteiger partial charge in [0.05, 0.1) is 26.4 Å².